The Morgan fingerprint density at radius 2 is 1.12 bits per heavy atom. The first kappa shape index (κ1) is 50.2. The first-order chi connectivity index (χ1) is 25.3. The van der Waals surface area contributed by atoms with Gasteiger partial charge in [-0.1, -0.05) is 147 Å². The van der Waals surface area contributed by atoms with Gasteiger partial charge >= 0.3 is 19.8 Å². The van der Waals surface area contributed by atoms with Crippen molar-refractivity contribution < 1.29 is 42.4 Å². The molecule has 304 valence electrons. The third kappa shape index (κ3) is 37.9. The largest absolute Gasteiger partial charge is 0.472 e. The fourth-order valence-electron chi connectivity index (χ4n) is 5.60. The van der Waals surface area contributed by atoms with Gasteiger partial charge < -0.3 is 24.5 Å². The molecule has 0 saturated heterocycles. The third-order valence-corrected chi connectivity index (χ3v) is 9.71. The van der Waals surface area contributed by atoms with Crippen LogP contribution in [-0.4, -0.2) is 62.1 Å². The predicted molar refractivity (Wildman–Crippen MR) is 211 cm³/mol. The Hall–Kier alpha value is -1.84. The molecule has 2 N–H and O–H groups in total. The number of ether oxygens (including phenoxy) is 2. The summed E-state index contributed by atoms with van der Waals surface area (Å²) in [5.74, 6) is -0.874. The predicted octanol–water partition coefficient (Wildman–Crippen LogP) is 10.7. The lowest BCUT2D eigenvalue weighted by molar-refractivity contribution is -0.161. The molecule has 10 nitrogen and oxygen atoms in total. The second-order valence-corrected chi connectivity index (χ2v) is 15.2. The van der Waals surface area contributed by atoms with Crippen LogP contribution >= 0.6 is 7.82 Å². The van der Waals surface area contributed by atoms with Gasteiger partial charge in [0.1, 0.15) is 12.9 Å². The summed E-state index contributed by atoms with van der Waals surface area (Å²) in [4.78, 5) is 45.5. The van der Waals surface area contributed by atoms with Gasteiger partial charge in [-0.25, -0.2) is 4.57 Å². The van der Waals surface area contributed by atoms with Crippen molar-refractivity contribution in [3.63, 3.8) is 0 Å². The summed E-state index contributed by atoms with van der Waals surface area (Å²) in [5, 5.41) is 2.72. The van der Waals surface area contributed by atoms with Crippen LogP contribution in [0.3, 0.4) is 0 Å². The number of aldehydes is 1. The van der Waals surface area contributed by atoms with E-state index in [1.54, 1.807) is 0 Å². The number of esters is 2. The van der Waals surface area contributed by atoms with Gasteiger partial charge in [-0.05, 0) is 44.9 Å². The summed E-state index contributed by atoms with van der Waals surface area (Å²) < 4.78 is 33.1. The lowest BCUT2D eigenvalue weighted by atomic mass is 10.0. The van der Waals surface area contributed by atoms with Crippen molar-refractivity contribution in [3.8, 4) is 0 Å². The van der Waals surface area contributed by atoms with E-state index in [1.807, 2.05) is 0 Å². The van der Waals surface area contributed by atoms with E-state index in [2.05, 4.69) is 43.5 Å². The zero-order chi connectivity index (χ0) is 38.2. The molecule has 2 atom stereocenters. The number of phosphoric acid groups is 1. The molecule has 1 unspecified atom stereocenters. The van der Waals surface area contributed by atoms with Crippen LogP contribution in [0.15, 0.2) is 24.3 Å². The number of rotatable bonds is 40. The van der Waals surface area contributed by atoms with Crippen LogP contribution in [0, 0.1) is 0 Å². The zero-order valence-corrected chi connectivity index (χ0v) is 33.9. The number of nitrogens with one attached hydrogen (secondary N) is 1. The number of hydrogen-bond donors (Lipinski definition) is 2. The van der Waals surface area contributed by atoms with Crippen LogP contribution in [0.2, 0.25) is 0 Å². The highest BCUT2D eigenvalue weighted by molar-refractivity contribution is 7.47. The van der Waals surface area contributed by atoms with Crippen molar-refractivity contribution in [2.24, 2.45) is 0 Å². The van der Waals surface area contributed by atoms with Gasteiger partial charge in [-0.15, -0.1) is 0 Å². The molecule has 0 rings (SSSR count). The van der Waals surface area contributed by atoms with Crippen LogP contribution in [0.1, 0.15) is 181 Å². The fourth-order valence-corrected chi connectivity index (χ4v) is 6.35. The van der Waals surface area contributed by atoms with Crippen molar-refractivity contribution in [2.75, 3.05) is 32.9 Å². The molecule has 0 aromatic heterocycles. The summed E-state index contributed by atoms with van der Waals surface area (Å²) in [6, 6.07) is 0. The summed E-state index contributed by atoms with van der Waals surface area (Å²) in [5.41, 5.74) is 0. The second kappa shape index (κ2) is 38.9. The average Bonchev–Trinajstić information content (AvgIpc) is 3.13. The van der Waals surface area contributed by atoms with Gasteiger partial charge in [-0.3, -0.25) is 18.6 Å². The minimum absolute atomic E-state index is 0.0946. The van der Waals surface area contributed by atoms with Crippen molar-refractivity contribution in [1.82, 2.24) is 5.32 Å². The number of unbranched alkanes of at least 4 members (excludes halogenated alkanes) is 20. The average molecular weight is 758 g/mol. The topological polar surface area (TPSA) is 137 Å². The van der Waals surface area contributed by atoms with Crippen LogP contribution in [0.25, 0.3) is 0 Å². The van der Waals surface area contributed by atoms with E-state index in [9.17, 15) is 23.8 Å². The minimum atomic E-state index is -4.45. The second-order valence-electron chi connectivity index (χ2n) is 13.7. The van der Waals surface area contributed by atoms with E-state index in [0.29, 0.717) is 12.7 Å². The molecule has 0 spiro atoms. The molecule has 52 heavy (non-hydrogen) atoms. The Labute approximate surface area is 317 Å². The van der Waals surface area contributed by atoms with E-state index in [1.165, 1.54) is 89.9 Å². The molecule has 0 amide bonds. The number of allylic oxidation sites excluding steroid dienone is 4. The Bertz CT molecular complexity index is 943. The fraction of sp³-hybridized carbons (Fsp3) is 0.829. The first-order valence-electron chi connectivity index (χ1n) is 20.8. The van der Waals surface area contributed by atoms with Gasteiger partial charge in [0, 0.05) is 19.4 Å². The van der Waals surface area contributed by atoms with E-state index in [4.69, 9.17) is 18.5 Å². The Morgan fingerprint density at radius 1 is 0.635 bits per heavy atom. The highest BCUT2D eigenvalue weighted by Crippen LogP contribution is 2.43. The molecular weight excluding hydrogens is 681 g/mol. The molecule has 0 heterocycles. The van der Waals surface area contributed by atoms with E-state index in [0.717, 1.165) is 57.8 Å². The molecule has 0 aliphatic rings. The summed E-state index contributed by atoms with van der Waals surface area (Å²) in [6.07, 6.45) is 36.6. The lowest BCUT2D eigenvalue weighted by Crippen LogP contribution is -2.29. The summed E-state index contributed by atoms with van der Waals surface area (Å²) in [7, 11) is -4.45. The lowest BCUT2D eigenvalue weighted by Gasteiger charge is -2.20. The highest BCUT2D eigenvalue weighted by atomic mass is 31.2. The highest BCUT2D eigenvalue weighted by Gasteiger charge is 2.26. The molecule has 0 aromatic carbocycles. The maximum Gasteiger partial charge on any atom is 0.472 e. The molecule has 0 aliphatic heterocycles. The first-order valence-corrected chi connectivity index (χ1v) is 22.2. The van der Waals surface area contributed by atoms with Gasteiger partial charge in [0.15, 0.2) is 6.10 Å². The smallest absolute Gasteiger partial charge is 0.462 e. The van der Waals surface area contributed by atoms with Gasteiger partial charge in [0.25, 0.3) is 0 Å². The monoisotopic (exact) mass is 758 g/mol. The number of hydrogen-bond acceptors (Lipinski definition) is 9. The third-order valence-electron chi connectivity index (χ3n) is 8.73. The van der Waals surface area contributed by atoms with Gasteiger partial charge in [0.05, 0.1) is 19.8 Å². The number of phosphoric ester groups is 1. The van der Waals surface area contributed by atoms with E-state index < -0.39 is 32.5 Å². The van der Waals surface area contributed by atoms with Gasteiger partial charge in [0.2, 0.25) is 0 Å². The number of carbonyl (C=O) groups is 3. The maximum absolute atomic E-state index is 12.6. The van der Waals surface area contributed by atoms with Gasteiger partial charge in [-0.2, -0.15) is 0 Å². The Kier molecular flexibility index (Phi) is 37.5. The molecule has 0 fully saturated rings. The Morgan fingerprint density at radius 3 is 1.67 bits per heavy atom. The van der Waals surface area contributed by atoms with Crippen molar-refractivity contribution in [2.45, 2.75) is 187 Å². The standard InChI is InChI=1S/C41H76NO9P/c1-3-5-7-9-11-13-15-17-18-20-22-24-26-28-30-32-41(45)51-39(38-50-52(46,47)49-36-34-42-33-35-43)37-48-40(44)31-29-27-25-23-21-19-16-14-12-10-8-6-4-2/h11,13,17-18,35,39,42H,3-10,12,14-16,19-34,36-38H2,1-2H3,(H,46,47)/b13-11-,18-17-/t39-/m1/s1. The number of carbonyl (C=O) groups excluding carboxylic acids is 3. The summed E-state index contributed by atoms with van der Waals surface area (Å²) >= 11 is 0. The molecule has 11 heteroatoms. The maximum atomic E-state index is 12.6. The van der Waals surface area contributed by atoms with Crippen LogP contribution < -0.4 is 5.32 Å². The molecule has 0 bridgehead atoms. The Balaban J connectivity index is 4.37. The van der Waals surface area contributed by atoms with Crippen molar-refractivity contribution in [1.29, 1.82) is 0 Å². The van der Waals surface area contributed by atoms with Crippen LogP contribution in [0.5, 0.6) is 0 Å². The zero-order valence-electron chi connectivity index (χ0n) is 33.0. The van der Waals surface area contributed by atoms with Crippen molar-refractivity contribution in [3.05, 3.63) is 24.3 Å². The van der Waals surface area contributed by atoms with Crippen LogP contribution in [-0.2, 0) is 37.5 Å². The molecule has 0 aliphatic carbocycles. The molecule has 0 radical (unpaired) electrons. The normalized spacial score (nSPS) is 13.4. The van der Waals surface area contributed by atoms with Crippen molar-refractivity contribution >= 4 is 26.0 Å². The SMILES string of the molecule is CCCCC/C=C\C/C=C\CCCCCCCC(=O)O[C@H](COC(=O)CCCCCCCCCCCCCCC)COP(=O)(O)OCCNCC=O. The van der Waals surface area contributed by atoms with Crippen LogP contribution in [0.4, 0.5) is 0 Å². The minimum Gasteiger partial charge on any atom is -0.462 e. The summed E-state index contributed by atoms with van der Waals surface area (Å²) in [6.45, 7) is 3.84. The van der Waals surface area contributed by atoms with E-state index >= 15 is 0 Å². The van der Waals surface area contributed by atoms with E-state index in [-0.39, 0.29) is 39.1 Å². The molecule has 0 saturated carbocycles. The quantitative estimate of drug-likeness (QED) is 0.0204. The molecule has 0 aromatic rings. The molecular formula is C41H76NO9P.